The molecule has 0 aliphatic carbocycles. The zero-order valence-corrected chi connectivity index (χ0v) is 9.54. The van der Waals surface area contributed by atoms with Crippen molar-refractivity contribution in [1.29, 1.82) is 0 Å². The number of imidazole rings is 1. The molecule has 0 saturated heterocycles. The van der Waals surface area contributed by atoms with Gasteiger partial charge >= 0.3 is 0 Å². The molecule has 0 saturated carbocycles. The minimum absolute atomic E-state index is 0.724. The number of alkyl halides is 1. The van der Waals surface area contributed by atoms with E-state index < -0.39 is 0 Å². The average molecular weight is 224 g/mol. The van der Waals surface area contributed by atoms with Gasteiger partial charge in [0.1, 0.15) is 5.82 Å². The molecule has 0 fully saturated rings. The smallest absolute Gasteiger partial charge is 0.177 e. The fraction of sp³-hybridized carbons (Fsp3) is 0.455. The number of pyridine rings is 1. The summed E-state index contributed by atoms with van der Waals surface area (Å²) in [5.41, 5.74) is 1.93. The highest BCUT2D eigenvalue weighted by molar-refractivity contribution is 6.17. The van der Waals surface area contributed by atoms with Gasteiger partial charge in [0.25, 0.3) is 0 Å². The third kappa shape index (κ3) is 2.12. The SMILES string of the molecule is Cn1c(CCCCCl)nc2ncccc21. The van der Waals surface area contributed by atoms with Crippen molar-refractivity contribution in [2.45, 2.75) is 19.3 Å². The summed E-state index contributed by atoms with van der Waals surface area (Å²) in [5.74, 6) is 1.82. The molecule has 2 rings (SSSR count). The number of aryl methyl sites for hydroxylation is 2. The number of rotatable bonds is 4. The Kier molecular flexibility index (Phi) is 3.21. The van der Waals surface area contributed by atoms with Crippen molar-refractivity contribution in [3.63, 3.8) is 0 Å². The van der Waals surface area contributed by atoms with Crippen molar-refractivity contribution >= 4 is 22.8 Å². The molecule has 0 amide bonds. The second-order valence-electron chi connectivity index (χ2n) is 3.58. The van der Waals surface area contributed by atoms with E-state index in [2.05, 4.69) is 14.5 Å². The van der Waals surface area contributed by atoms with Crippen LogP contribution in [0.1, 0.15) is 18.7 Å². The largest absolute Gasteiger partial charge is 0.330 e. The topological polar surface area (TPSA) is 30.7 Å². The normalized spacial score (nSPS) is 11.1. The van der Waals surface area contributed by atoms with Crippen LogP contribution in [0.4, 0.5) is 0 Å². The van der Waals surface area contributed by atoms with Gasteiger partial charge in [0.2, 0.25) is 0 Å². The van der Waals surface area contributed by atoms with E-state index >= 15 is 0 Å². The van der Waals surface area contributed by atoms with Crippen molar-refractivity contribution < 1.29 is 0 Å². The summed E-state index contributed by atoms with van der Waals surface area (Å²) in [5, 5.41) is 0. The van der Waals surface area contributed by atoms with Gasteiger partial charge in [-0.25, -0.2) is 9.97 Å². The zero-order valence-electron chi connectivity index (χ0n) is 8.78. The molecule has 0 unspecified atom stereocenters. The predicted molar refractivity (Wildman–Crippen MR) is 62.2 cm³/mol. The summed E-state index contributed by atoms with van der Waals surface area (Å²) < 4.78 is 2.11. The van der Waals surface area contributed by atoms with Crippen molar-refractivity contribution in [1.82, 2.24) is 14.5 Å². The van der Waals surface area contributed by atoms with E-state index in [1.807, 2.05) is 19.2 Å². The van der Waals surface area contributed by atoms with Gasteiger partial charge in [-0.3, -0.25) is 0 Å². The summed E-state index contributed by atoms with van der Waals surface area (Å²) >= 11 is 5.65. The molecule has 80 valence electrons. The second-order valence-corrected chi connectivity index (χ2v) is 3.96. The lowest BCUT2D eigenvalue weighted by Crippen LogP contribution is -1.97. The van der Waals surface area contributed by atoms with Gasteiger partial charge in [0.05, 0.1) is 5.52 Å². The van der Waals surface area contributed by atoms with Gasteiger partial charge in [-0.2, -0.15) is 0 Å². The Hall–Kier alpha value is -1.09. The van der Waals surface area contributed by atoms with Crippen LogP contribution in [0.2, 0.25) is 0 Å². The molecule has 0 aromatic carbocycles. The number of hydrogen-bond donors (Lipinski definition) is 0. The maximum atomic E-state index is 5.65. The molecule has 2 aromatic heterocycles. The van der Waals surface area contributed by atoms with E-state index in [0.29, 0.717) is 0 Å². The van der Waals surface area contributed by atoms with Crippen LogP contribution < -0.4 is 0 Å². The van der Waals surface area contributed by atoms with Crippen LogP contribution in [-0.2, 0) is 13.5 Å². The highest BCUT2D eigenvalue weighted by atomic mass is 35.5. The molecule has 4 heteroatoms. The highest BCUT2D eigenvalue weighted by Crippen LogP contribution is 2.13. The van der Waals surface area contributed by atoms with Gasteiger partial charge in [-0.1, -0.05) is 0 Å². The minimum atomic E-state index is 0.724. The molecule has 2 heterocycles. The summed E-state index contributed by atoms with van der Waals surface area (Å²) in [6.45, 7) is 0. The van der Waals surface area contributed by atoms with Crippen LogP contribution in [-0.4, -0.2) is 20.4 Å². The van der Waals surface area contributed by atoms with Crippen LogP contribution in [0, 0.1) is 0 Å². The fourth-order valence-electron chi connectivity index (χ4n) is 1.67. The summed E-state index contributed by atoms with van der Waals surface area (Å²) in [6.07, 6.45) is 4.87. The van der Waals surface area contributed by atoms with Gasteiger partial charge < -0.3 is 4.57 Å². The van der Waals surface area contributed by atoms with Crippen molar-refractivity contribution in [2.24, 2.45) is 7.05 Å². The van der Waals surface area contributed by atoms with Crippen LogP contribution in [0.15, 0.2) is 18.3 Å². The Labute approximate surface area is 94.1 Å². The maximum absolute atomic E-state index is 5.65. The molecule has 0 bridgehead atoms. The highest BCUT2D eigenvalue weighted by Gasteiger charge is 2.06. The Morgan fingerprint density at radius 2 is 2.27 bits per heavy atom. The van der Waals surface area contributed by atoms with Gasteiger partial charge in [0, 0.05) is 25.5 Å². The second kappa shape index (κ2) is 4.62. The first-order valence-corrected chi connectivity index (χ1v) is 5.68. The van der Waals surface area contributed by atoms with E-state index in [4.69, 9.17) is 11.6 Å². The lowest BCUT2D eigenvalue weighted by molar-refractivity contribution is 0.722. The predicted octanol–water partition coefficient (Wildman–Crippen LogP) is 2.53. The summed E-state index contributed by atoms with van der Waals surface area (Å²) in [7, 11) is 2.03. The van der Waals surface area contributed by atoms with Crippen LogP contribution >= 0.6 is 11.6 Å². The fourth-order valence-corrected chi connectivity index (χ4v) is 1.86. The molecular formula is C11H14ClN3. The summed E-state index contributed by atoms with van der Waals surface area (Å²) in [4.78, 5) is 8.73. The first-order valence-electron chi connectivity index (χ1n) is 5.15. The van der Waals surface area contributed by atoms with E-state index in [0.717, 1.165) is 42.1 Å². The molecule has 0 aliphatic rings. The Morgan fingerprint density at radius 3 is 3.00 bits per heavy atom. The molecular weight excluding hydrogens is 210 g/mol. The van der Waals surface area contributed by atoms with Crippen LogP contribution in [0.25, 0.3) is 11.2 Å². The van der Waals surface area contributed by atoms with Crippen LogP contribution in [0.3, 0.4) is 0 Å². The third-order valence-electron chi connectivity index (χ3n) is 2.53. The number of aromatic nitrogens is 3. The molecule has 3 nitrogen and oxygen atoms in total. The van der Waals surface area contributed by atoms with E-state index in [9.17, 15) is 0 Å². The monoisotopic (exact) mass is 223 g/mol. The molecule has 0 atom stereocenters. The van der Waals surface area contributed by atoms with Crippen LogP contribution in [0.5, 0.6) is 0 Å². The third-order valence-corrected chi connectivity index (χ3v) is 2.80. The molecule has 0 N–H and O–H groups in total. The molecule has 15 heavy (non-hydrogen) atoms. The molecule has 2 aromatic rings. The first kappa shape index (κ1) is 10.4. The number of unbranched alkanes of at least 4 members (excludes halogenated alkanes) is 1. The number of hydrogen-bond acceptors (Lipinski definition) is 2. The number of halogens is 1. The lowest BCUT2D eigenvalue weighted by Gasteiger charge is -2.00. The average Bonchev–Trinajstić information content (AvgIpc) is 2.57. The van der Waals surface area contributed by atoms with E-state index in [1.165, 1.54) is 0 Å². The Morgan fingerprint density at radius 1 is 1.40 bits per heavy atom. The van der Waals surface area contributed by atoms with Gasteiger partial charge in [-0.15, -0.1) is 11.6 Å². The molecule has 0 spiro atoms. The molecule has 0 aliphatic heterocycles. The lowest BCUT2D eigenvalue weighted by atomic mass is 10.2. The van der Waals surface area contributed by atoms with Gasteiger partial charge in [-0.05, 0) is 25.0 Å². The Balaban J connectivity index is 2.24. The Bertz CT molecular complexity index is 450. The summed E-state index contributed by atoms with van der Waals surface area (Å²) in [6, 6.07) is 3.98. The van der Waals surface area contributed by atoms with Crippen molar-refractivity contribution in [2.75, 3.05) is 5.88 Å². The zero-order chi connectivity index (χ0) is 10.7. The maximum Gasteiger partial charge on any atom is 0.177 e. The van der Waals surface area contributed by atoms with E-state index in [-0.39, 0.29) is 0 Å². The number of nitrogens with zero attached hydrogens (tertiary/aromatic N) is 3. The first-order chi connectivity index (χ1) is 7.33. The van der Waals surface area contributed by atoms with Gasteiger partial charge in [0.15, 0.2) is 5.65 Å². The standard InChI is InChI=1S/C11H14ClN3/c1-15-9-5-4-8-13-11(9)14-10(15)6-2-3-7-12/h4-5,8H,2-3,6-7H2,1H3. The quantitative estimate of drug-likeness (QED) is 0.589. The van der Waals surface area contributed by atoms with E-state index in [1.54, 1.807) is 6.20 Å². The minimum Gasteiger partial charge on any atom is -0.330 e. The van der Waals surface area contributed by atoms with Crippen molar-refractivity contribution in [3.8, 4) is 0 Å². The van der Waals surface area contributed by atoms with Crippen molar-refractivity contribution in [3.05, 3.63) is 24.2 Å². The molecule has 0 radical (unpaired) electrons. The number of fused-ring (bicyclic) bond motifs is 1.